The van der Waals surface area contributed by atoms with E-state index < -0.39 is 0 Å². The Labute approximate surface area is 148 Å². The smallest absolute Gasteiger partial charge is 0.227 e. The molecule has 7 heteroatoms. The summed E-state index contributed by atoms with van der Waals surface area (Å²) in [6, 6.07) is 9.63. The van der Waals surface area contributed by atoms with Crippen LogP contribution in [0.25, 0.3) is 0 Å². The molecule has 6 nitrogen and oxygen atoms in total. The van der Waals surface area contributed by atoms with Gasteiger partial charge in [0.05, 0.1) is 5.69 Å². The van der Waals surface area contributed by atoms with E-state index >= 15 is 0 Å². The number of amides is 1. The number of hydrogen-bond donors (Lipinski definition) is 1. The summed E-state index contributed by atoms with van der Waals surface area (Å²) in [5.74, 6) is 0.585. The molecule has 1 aliphatic heterocycles. The highest BCUT2D eigenvalue weighted by atomic mass is 79.9. The molecule has 0 atom stereocenters. The zero-order chi connectivity index (χ0) is 16.9. The molecule has 1 aliphatic rings. The van der Waals surface area contributed by atoms with Crippen LogP contribution in [0.3, 0.4) is 0 Å². The Bertz CT molecular complexity index is 781. The van der Waals surface area contributed by atoms with Crippen LogP contribution in [0.5, 0.6) is 0 Å². The van der Waals surface area contributed by atoms with Crippen LogP contribution in [0, 0.1) is 17.2 Å². The molecule has 1 aromatic carbocycles. The maximum Gasteiger partial charge on any atom is 0.227 e. The topological polar surface area (TPSA) is 81.9 Å². The third-order valence-electron chi connectivity index (χ3n) is 4.08. The zero-order valence-corrected chi connectivity index (χ0v) is 14.5. The average molecular weight is 386 g/mol. The minimum atomic E-state index is -0.0458. The number of nitrogens with one attached hydrogen (secondary N) is 1. The van der Waals surface area contributed by atoms with Crippen LogP contribution >= 0.6 is 15.9 Å². The average Bonchev–Trinajstić information content (AvgIpc) is 2.63. The predicted octanol–water partition coefficient (Wildman–Crippen LogP) is 2.97. The minimum Gasteiger partial charge on any atom is -0.354 e. The second kappa shape index (κ2) is 7.41. The van der Waals surface area contributed by atoms with Crippen molar-refractivity contribution in [2.24, 2.45) is 5.92 Å². The zero-order valence-electron chi connectivity index (χ0n) is 12.9. The normalized spacial score (nSPS) is 14.9. The number of aromatic nitrogens is 2. The molecular weight excluding hydrogens is 370 g/mol. The molecule has 0 bridgehead atoms. The van der Waals surface area contributed by atoms with E-state index in [9.17, 15) is 4.79 Å². The summed E-state index contributed by atoms with van der Waals surface area (Å²) < 4.78 is 0.869. The number of piperidine rings is 1. The van der Waals surface area contributed by atoms with Gasteiger partial charge in [-0.05, 0) is 40.9 Å². The van der Waals surface area contributed by atoms with E-state index in [1.807, 2.05) is 29.2 Å². The van der Waals surface area contributed by atoms with Crippen molar-refractivity contribution in [1.82, 2.24) is 9.97 Å². The SMILES string of the molecule is N#Cc1nccnc1N1CCC(C(=O)Nc2ccccc2Br)CC1. The van der Waals surface area contributed by atoms with Crippen molar-refractivity contribution in [2.75, 3.05) is 23.3 Å². The molecule has 0 radical (unpaired) electrons. The van der Waals surface area contributed by atoms with Crippen molar-refractivity contribution in [3.8, 4) is 6.07 Å². The van der Waals surface area contributed by atoms with Gasteiger partial charge in [0.1, 0.15) is 6.07 Å². The van der Waals surface area contributed by atoms with Crippen LogP contribution in [-0.4, -0.2) is 29.0 Å². The fraction of sp³-hybridized carbons (Fsp3) is 0.294. The van der Waals surface area contributed by atoms with Crippen LogP contribution in [0.2, 0.25) is 0 Å². The van der Waals surface area contributed by atoms with E-state index in [-0.39, 0.29) is 11.8 Å². The van der Waals surface area contributed by atoms with Crippen molar-refractivity contribution in [3.63, 3.8) is 0 Å². The maximum atomic E-state index is 12.5. The molecule has 0 unspecified atom stereocenters. The van der Waals surface area contributed by atoms with Gasteiger partial charge in [0, 0.05) is 35.9 Å². The molecule has 2 heterocycles. The van der Waals surface area contributed by atoms with Crippen LogP contribution in [-0.2, 0) is 4.79 Å². The number of rotatable bonds is 3. The van der Waals surface area contributed by atoms with Crippen LogP contribution in [0.4, 0.5) is 11.5 Å². The monoisotopic (exact) mass is 385 g/mol. The van der Waals surface area contributed by atoms with Crippen molar-refractivity contribution in [1.29, 1.82) is 5.26 Å². The lowest BCUT2D eigenvalue weighted by Gasteiger charge is -2.32. The van der Waals surface area contributed by atoms with Gasteiger partial charge in [-0.1, -0.05) is 12.1 Å². The number of hydrogen-bond acceptors (Lipinski definition) is 5. The molecule has 0 saturated carbocycles. The number of anilines is 2. The molecule has 3 rings (SSSR count). The molecule has 1 amide bonds. The summed E-state index contributed by atoms with van der Waals surface area (Å²) >= 11 is 3.44. The number of benzene rings is 1. The minimum absolute atomic E-state index is 0.0289. The first-order valence-electron chi connectivity index (χ1n) is 7.70. The van der Waals surface area contributed by atoms with Gasteiger partial charge in [-0.3, -0.25) is 4.79 Å². The number of nitrogens with zero attached hydrogens (tertiary/aromatic N) is 4. The molecular formula is C17H16BrN5O. The van der Waals surface area contributed by atoms with E-state index in [0.717, 1.165) is 23.0 Å². The first-order valence-corrected chi connectivity index (χ1v) is 8.50. The Balaban J connectivity index is 1.62. The first-order chi connectivity index (χ1) is 11.7. The first kappa shape index (κ1) is 16.4. The van der Waals surface area contributed by atoms with Crippen molar-refractivity contribution >= 4 is 33.3 Å². The van der Waals surface area contributed by atoms with Gasteiger partial charge in [-0.25, -0.2) is 9.97 Å². The third-order valence-corrected chi connectivity index (χ3v) is 4.77. The van der Waals surface area contributed by atoms with Crippen molar-refractivity contribution < 1.29 is 4.79 Å². The molecule has 1 fully saturated rings. The summed E-state index contributed by atoms with van der Waals surface area (Å²) in [6.07, 6.45) is 4.54. The standard InChI is InChI=1S/C17H16BrN5O/c18-13-3-1-2-4-14(13)22-17(24)12-5-9-23(10-6-12)16-15(11-19)20-7-8-21-16/h1-4,7-8,12H,5-6,9-10H2,(H,22,24). The fourth-order valence-electron chi connectivity index (χ4n) is 2.79. The summed E-state index contributed by atoms with van der Waals surface area (Å²) in [5, 5.41) is 12.1. The second-order valence-electron chi connectivity index (χ2n) is 5.57. The number of para-hydroxylation sites is 1. The number of carbonyl (C=O) groups is 1. The highest BCUT2D eigenvalue weighted by molar-refractivity contribution is 9.10. The summed E-state index contributed by atoms with van der Waals surface area (Å²) in [5.41, 5.74) is 1.11. The Morgan fingerprint density at radius 2 is 1.96 bits per heavy atom. The van der Waals surface area contributed by atoms with Gasteiger partial charge in [0.2, 0.25) is 5.91 Å². The molecule has 1 N–H and O–H groups in total. The predicted molar refractivity (Wildman–Crippen MR) is 94.5 cm³/mol. The molecule has 24 heavy (non-hydrogen) atoms. The van der Waals surface area contributed by atoms with Gasteiger partial charge in [-0.15, -0.1) is 0 Å². The number of nitriles is 1. The largest absolute Gasteiger partial charge is 0.354 e. The van der Waals surface area contributed by atoms with Gasteiger partial charge in [-0.2, -0.15) is 5.26 Å². The van der Waals surface area contributed by atoms with E-state index in [0.29, 0.717) is 24.6 Å². The summed E-state index contributed by atoms with van der Waals surface area (Å²) in [6.45, 7) is 1.36. The molecule has 1 saturated heterocycles. The summed E-state index contributed by atoms with van der Waals surface area (Å²) in [4.78, 5) is 22.8. The number of halogens is 1. The van der Waals surface area contributed by atoms with Crippen molar-refractivity contribution in [2.45, 2.75) is 12.8 Å². The van der Waals surface area contributed by atoms with Gasteiger partial charge < -0.3 is 10.2 Å². The van der Waals surface area contributed by atoms with E-state index in [1.54, 1.807) is 6.20 Å². The summed E-state index contributed by atoms with van der Waals surface area (Å²) in [7, 11) is 0. The molecule has 2 aromatic rings. The van der Waals surface area contributed by atoms with Crippen LogP contribution in [0.1, 0.15) is 18.5 Å². The van der Waals surface area contributed by atoms with Crippen molar-refractivity contribution in [3.05, 3.63) is 46.8 Å². The fourth-order valence-corrected chi connectivity index (χ4v) is 3.18. The van der Waals surface area contributed by atoms with Crippen LogP contribution in [0.15, 0.2) is 41.1 Å². The quantitative estimate of drug-likeness (QED) is 0.877. The molecule has 1 aromatic heterocycles. The lowest BCUT2D eigenvalue weighted by Crippen LogP contribution is -2.39. The maximum absolute atomic E-state index is 12.5. The molecule has 0 spiro atoms. The Kier molecular flexibility index (Phi) is 5.06. The Morgan fingerprint density at radius 1 is 1.25 bits per heavy atom. The van der Waals surface area contributed by atoms with Gasteiger partial charge in [0.25, 0.3) is 0 Å². The van der Waals surface area contributed by atoms with E-state index in [1.165, 1.54) is 6.20 Å². The van der Waals surface area contributed by atoms with Gasteiger partial charge >= 0.3 is 0 Å². The van der Waals surface area contributed by atoms with E-state index in [4.69, 9.17) is 5.26 Å². The van der Waals surface area contributed by atoms with Crippen LogP contribution < -0.4 is 10.2 Å². The lowest BCUT2D eigenvalue weighted by atomic mass is 9.95. The molecule has 122 valence electrons. The Morgan fingerprint density at radius 3 is 2.67 bits per heavy atom. The lowest BCUT2D eigenvalue weighted by molar-refractivity contribution is -0.120. The molecule has 0 aliphatic carbocycles. The second-order valence-corrected chi connectivity index (χ2v) is 6.43. The third kappa shape index (κ3) is 3.54. The Hall–Kier alpha value is -2.46. The van der Waals surface area contributed by atoms with E-state index in [2.05, 4.69) is 37.3 Å². The highest BCUT2D eigenvalue weighted by Gasteiger charge is 2.27. The highest BCUT2D eigenvalue weighted by Crippen LogP contribution is 2.26. The number of carbonyl (C=O) groups excluding carboxylic acids is 1. The van der Waals surface area contributed by atoms with Gasteiger partial charge in [0.15, 0.2) is 11.5 Å².